The van der Waals surface area contributed by atoms with Gasteiger partial charge in [-0.05, 0) is 30.7 Å². The molecule has 0 aliphatic carbocycles. The number of hydrogen-bond acceptors (Lipinski definition) is 5. The molecule has 0 atom stereocenters. The van der Waals surface area contributed by atoms with Gasteiger partial charge in [0.25, 0.3) is 0 Å². The zero-order valence-electron chi connectivity index (χ0n) is 10.1. The third-order valence-electron chi connectivity index (χ3n) is 2.54. The zero-order valence-corrected chi connectivity index (χ0v) is 10.8. The average Bonchev–Trinajstić information content (AvgIpc) is 2.33. The third kappa shape index (κ3) is 2.92. The summed E-state index contributed by atoms with van der Waals surface area (Å²) in [6, 6.07) is 7.91. The molecule has 2 aromatic rings. The minimum absolute atomic E-state index is 0.0929. The predicted octanol–water partition coefficient (Wildman–Crippen LogP) is 3.28. The minimum atomic E-state index is -0.519. The van der Waals surface area contributed by atoms with Crippen molar-refractivity contribution in [2.75, 3.05) is 11.1 Å². The molecule has 0 spiro atoms. The summed E-state index contributed by atoms with van der Waals surface area (Å²) in [6.45, 7) is 1.86. The van der Waals surface area contributed by atoms with Crippen LogP contribution in [0.25, 0.3) is 0 Å². The molecule has 0 amide bonds. The molecular weight excluding hydrogens is 268 g/mol. The van der Waals surface area contributed by atoms with Crippen LogP contribution in [0.4, 0.5) is 23.0 Å². The van der Waals surface area contributed by atoms with Crippen molar-refractivity contribution < 1.29 is 4.92 Å². The van der Waals surface area contributed by atoms with Crippen molar-refractivity contribution in [1.82, 2.24) is 4.98 Å². The fourth-order valence-electron chi connectivity index (χ4n) is 1.56. The van der Waals surface area contributed by atoms with Crippen LogP contribution in [0.15, 0.2) is 30.3 Å². The fourth-order valence-corrected chi connectivity index (χ4v) is 1.73. The average molecular weight is 279 g/mol. The van der Waals surface area contributed by atoms with Crippen LogP contribution in [0, 0.1) is 17.0 Å². The second kappa shape index (κ2) is 5.11. The lowest BCUT2D eigenvalue weighted by Crippen LogP contribution is -2.02. The van der Waals surface area contributed by atoms with Gasteiger partial charge in [-0.2, -0.15) is 0 Å². The maximum atomic E-state index is 10.9. The van der Waals surface area contributed by atoms with Gasteiger partial charge in [0.2, 0.25) is 5.82 Å². The molecule has 3 N–H and O–H groups in total. The number of nitrogen functional groups attached to an aromatic ring is 1. The second-order valence-electron chi connectivity index (χ2n) is 3.95. The van der Waals surface area contributed by atoms with Gasteiger partial charge in [0.15, 0.2) is 0 Å². The quantitative estimate of drug-likeness (QED) is 0.664. The van der Waals surface area contributed by atoms with Gasteiger partial charge in [-0.3, -0.25) is 10.1 Å². The van der Waals surface area contributed by atoms with E-state index in [9.17, 15) is 10.1 Å². The van der Waals surface area contributed by atoms with Gasteiger partial charge in [0.05, 0.1) is 4.92 Å². The lowest BCUT2D eigenvalue weighted by atomic mass is 10.2. The van der Waals surface area contributed by atoms with Crippen molar-refractivity contribution >= 4 is 34.6 Å². The molecule has 2 rings (SSSR count). The van der Waals surface area contributed by atoms with Gasteiger partial charge in [-0.1, -0.05) is 17.7 Å². The monoisotopic (exact) mass is 278 g/mol. The summed E-state index contributed by atoms with van der Waals surface area (Å²) in [4.78, 5) is 14.4. The smallest absolute Gasteiger partial charge is 0.311 e. The number of rotatable bonds is 3. The van der Waals surface area contributed by atoms with E-state index in [1.165, 1.54) is 12.1 Å². The third-order valence-corrected chi connectivity index (χ3v) is 2.78. The maximum absolute atomic E-state index is 10.9. The number of nitrogens with one attached hydrogen (secondary N) is 1. The Morgan fingerprint density at radius 3 is 2.79 bits per heavy atom. The van der Waals surface area contributed by atoms with Crippen LogP contribution >= 0.6 is 11.6 Å². The van der Waals surface area contributed by atoms with Crippen LogP contribution in [0.5, 0.6) is 0 Å². The SMILES string of the molecule is Cc1ccc(Cl)cc1Nc1nc(N)ccc1[N+](=O)[O-]. The van der Waals surface area contributed by atoms with E-state index in [1.807, 2.05) is 13.0 Å². The lowest BCUT2D eigenvalue weighted by molar-refractivity contribution is -0.384. The van der Waals surface area contributed by atoms with Gasteiger partial charge >= 0.3 is 5.69 Å². The first kappa shape index (κ1) is 13.1. The topological polar surface area (TPSA) is 94.1 Å². The molecule has 0 radical (unpaired) electrons. The first-order valence-corrected chi connectivity index (χ1v) is 5.79. The van der Waals surface area contributed by atoms with Crippen LogP contribution in [0.2, 0.25) is 5.02 Å². The van der Waals surface area contributed by atoms with E-state index in [0.717, 1.165) is 5.56 Å². The van der Waals surface area contributed by atoms with E-state index in [1.54, 1.807) is 12.1 Å². The standard InChI is InChI=1S/C12H11ClN4O2/c1-7-2-3-8(13)6-9(7)15-12-10(17(18)19)4-5-11(14)16-12/h2-6H,1H3,(H3,14,15,16). The van der Waals surface area contributed by atoms with Crippen molar-refractivity contribution in [3.05, 3.63) is 51.0 Å². The Kier molecular flexibility index (Phi) is 3.52. The molecule has 0 saturated heterocycles. The molecule has 98 valence electrons. The molecule has 1 aromatic carbocycles. The maximum Gasteiger partial charge on any atom is 0.311 e. The van der Waals surface area contributed by atoms with E-state index >= 15 is 0 Å². The number of nitro groups is 1. The van der Waals surface area contributed by atoms with Gasteiger partial charge in [-0.15, -0.1) is 0 Å². The van der Waals surface area contributed by atoms with E-state index in [4.69, 9.17) is 17.3 Å². The largest absolute Gasteiger partial charge is 0.384 e. The van der Waals surface area contributed by atoms with Gasteiger partial charge in [0.1, 0.15) is 5.82 Å². The Hall–Kier alpha value is -2.34. The predicted molar refractivity (Wildman–Crippen MR) is 74.8 cm³/mol. The highest BCUT2D eigenvalue weighted by Crippen LogP contribution is 2.29. The molecule has 0 aliphatic rings. The molecule has 0 unspecified atom stereocenters. The Balaban J connectivity index is 2.45. The van der Waals surface area contributed by atoms with Gasteiger partial charge < -0.3 is 11.1 Å². The number of halogens is 1. The summed E-state index contributed by atoms with van der Waals surface area (Å²) in [5, 5.41) is 14.3. The van der Waals surface area contributed by atoms with Crippen LogP contribution < -0.4 is 11.1 Å². The summed E-state index contributed by atoms with van der Waals surface area (Å²) in [6.07, 6.45) is 0. The Bertz CT molecular complexity index is 646. The normalized spacial score (nSPS) is 10.2. The Labute approximate surface area is 114 Å². The summed E-state index contributed by atoms with van der Waals surface area (Å²) in [7, 11) is 0. The number of benzene rings is 1. The number of anilines is 3. The number of aryl methyl sites for hydroxylation is 1. The van der Waals surface area contributed by atoms with Gasteiger partial charge in [0, 0.05) is 16.8 Å². The molecule has 1 heterocycles. The van der Waals surface area contributed by atoms with E-state index in [2.05, 4.69) is 10.3 Å². The van der Waals surface area contributed by atoms with Gasteiger partial charge in [-0.25, -0.2) is 4.98 Å². The molecular formula is C12H11ClN4O2. The van der Waals surface area contributed by atoms with Crippen molar-refractivity contribution in [3.63, 3.8) is 0 Å². The number of nitrogens with two attached hydrogens (primary N) is 1. The lowest BCUT2D eigenvalue weighted by Gasteiger charge is -2.09. The molecule has 0 saturated carbocycles. The molecule has 0 fully saturated rings. The first-order chi connectivity index (χ1) is 8.97. The summed E-state index contributed by atoms with van der Waals surface area (Å²) in [5.74, 6) is 0.295. The molecule has 0 aliphatic heterocycles. The highest BCUT2D eigenvalue weighted by Gasteiger charge is 2.16. The van der Waals surface area contributed by atoms with Crippen molar-refractivity contribution in [1.29, 1.82) is 0 Å². The summed E-state index contributed by atoms with van der Waals surface area (Å²) < 4.78 is 0. The molecule has 7 heteroatoms. The van der Waals surface area contributed by atoms with E-state index < -0.39 is 4.92 Å². The van der Waals surface area contributed by atoms with E-state index in [-0.39, 0.29) is 17.3 Å². The van der Waals surface area contributed by atoms with Crippen LogP contribution in [0.3, 0.4) is 0 Å². The zero-order chi connectivity index (χ0) is 14.0. The Morgan fingerprint density at radius 1 is 1.37 bits per heavy atom. The number of hydrogen-bond donors (Lipinski definition) is 2. The van der Waals surface area contributed by atoms with Crippen LogP contribution in [-0.4, -0.2) is 9.91 Å². The van der Waals surface area contributed by atoms with Crippen LogP contribution in [0.1, 0.15) is 5.56 Å². The minimum Gasteiger partial charge on any atom is -0.384 e. The van der Waals surface area contributed by atoms with E-state index in [0.29, 0.717) is 10.7 Å². The Morgan fingerprint density at radius 2 is 2.11 bits per heavy atom. The first-order valence-electron chi connectivity index (χ1n) is 5.41. The summed E-state index contributed by atoms with van der Waals surface area (Å²) >= 11 is 5.90. The molecule has 1 aromatic heterocycles. The highest BCUT2D eigenvalue weighted by molar-refractivity contribution is 6.30. The van der Waals surface area contributed by atoms with Crippen molar-refractivity contribution in [2.24, 2.45) is 0 Å². The second-order valence-corrected chi connectivity index (χ2v) is 4.38. The van der Waals surface area contributed by atoms with Crippen LogP contribution in [-0.2, 0) is 0 Å². The molecule has 0 bridgehead atoms. The molecule has 19 heavy (non-hydrogen) atoms. The number of nitrogens with zero attached hydrogens (tertiary/aromatic N) is 2. The van der Waals surface area contributed by atoms with Crippen molar-refractivity contribution in [2.45, 2.75) is 6.92 Å². The highest BCUT2D eigenvalue weighted by atomic mass is 35.5. The fraction of sp³-hybridized carbons (Fsp3) is 0.0833. The summed E-state index contributed by atoms with van der Waals surface area (Å²) in [5.41, 5.74) is 6.94. The number of pyridine rings is 1. The number of aromatic nitrogens is 1. The molecule has 6 nitrogen and oxygen atoms in total. The van der Waals surface area contributed by atoms with Crippen molar-refractivity contribution in [3.8, 4) is 0 Å².